The second kappa shape index (κ2) is 5.71. The smallest absolute Gasteiger partial charge is 0.163 e. The number of benzene rings is 1. The zero-order chi connectivity index (χ0) is 13.0. The van der Waals surface area contributed by atoms with E-state index in [-0.39, 0.29) is 18.0 Å². The summed E-state index contributed by atoms with van der Waals surface area (Å²) < 4.78 is 11.1. The van der Waals surface area contributed by atoms with Crippen LogP contribution in [-0.4, -0.2) is 18.0 Å². The molecule has 0 aliphatic rings. The molecule has 1 aromatic carbocycles. The van der Waals surface area contributed by atoms with Crippen LogP contribution in [0.15, 0.2) is 18.2 Å². The summed E-state index contributed by atoms with van der Waals surface area (Å²) in [6, 6.07) is 5.35. The maximum absolute atomic E-state index is 11.6. The van der Waals surface area contributed by atoms with Crippen LogP contribution in [0.2, 0.25) is 0 Å². The highest BCUT2D eigenvalue weighted by Crippen LogP contribution is 2.26. The Labute approximate surface area is 103 Å². The fourth-order valence-electron chi connectivity index (χ4n) is 1.49. The summed E-state index contributed by atoms with van der Waals surface area (Å²) in [6.07, 6.45) is 0.136. The van der Waals surface area contributed by atoms with Crippen LogP contribution in [-0.2, 0) is 0 Å². The number of hydrogen-bond acceptors (Lipinski definition) is 3. The van der Waals surface area contributed by atoms with Crippen molar-refractivity contribution in [3.8, 4) is 11.5 Å². The number of hydrogen-bond donors (Lipinski definition) is 0. The van der Waals surface area contributed by atoms with Crippen LogP contribution in [0.5, 0.6) is 11.5 Å². The molecule has 0 heterocycles. The van der Waals surface area contributed by atoms with Gasteiger partial charge in [-0.3, -0.25) is 4.79 Å². The van der Waals surface area contributed by atoms with E-state index in [4.69, 9.17) is 9.47 Å². The summed E-state index contributed by atoms with van der Waals surface area (Å²) in [5.41, 5.74) is 0.567. The third-order valence-electron chi connectivity index (χ3n) is 2.06. The van der Waals surface area contributed by atoms with Crippen LogP contribution < -0.4 is 9.47 Å². The fraction of sp³-hybridized carbons (Fsp3) is 0.500. The van der Waals surface area contributed by atoms with Crippen molar-refractivity contribution in [2.24, 2.45) is 0 Å². The van der Waals surface area contributed by atoms with E-state index in [1.807, 2.05) is 33.8 Å². The van der Waals surface area contributed by atoms with Crippen molar-refractivity contribution in [2.45, 2.75) is 46.8 Å². The summed E-state index contributed by atoms with van der Waals surface area (Å²) in [5.74, 6) is 1.29. The van der Waals surface area contributed by atoms with Gasteiger partial charge in [-0.05, 0) is 52.8 Å². The topological polar surface area (TPSA) is 35.5 Å². The average Bonchev–Trinajstić information content (AvgIpc) is 2.18. The Morgan fingerprint density at radius 3 is 2.12 bits per heavy atom. The number of carbonyl (C=O) groups is 1. The molecule has 0 fully saturated rings. The Morgan fingerprint density at radius 2 is 1.65 bits per heavy atom. The zero-order valence-electron chi connectivity index (χ0n) is 11.1. The maximum Gasteiger partial charge on any atom is 0.163 e. The van der Waals surface area contributed by atoms with Crippen molar-refractivity contribution in [1.29, 1.82) is 0 Å². The Morgan fingerprint density at radius 1 is 1.06 bits per heavy atom. The van der Waals surface area contributed by atoms with E-state index in [2.05, 4.69) is 0 Å². The zero-order valence-corrected chi connectivity index (χ0v) is 11.1. The van der Waals surface area contributed by atoms with Gasteiger partial charge in [-0.25, -0.2) is 0 Å². The molecule has 0 aromatic heterocycles. The minimum Gasteiger partial charge on any atom is -0.491 e. The molecule has 0 spiro atoms. The van der Waals surface area contributed by atoms with Gasteiger partial charge in [0.05, 0.1) is 17.8 Å². The van der Waals surface area contributed by atoms with Crippen LogP contribution in [0.3, 0.4) is 0 Å². The molecule has 94 valence electrons. The minimum atomic E-state index is -0.0187. The third-order valence-corrected chi connectivity index (χ3v) is 2.06. The van der Waals surface area contributed by atoms with Gasteiger partial charge in [0.15, 0.2) is 5.78 Å². The molecule has 0 saturated heterocycles. The number of ketones is 1. The summed E-state index contributed by atoms with van der Waals surface area (Å²) in [6.45, 7) is 9.30. The van der Waals surface area contributed by atoms with Gasteiger partial charge in [0.1, 0.15) is 11.5 Å². The lowest BCUT2D eigenvalue weighted by Gasteiger charge is -2.15. The SMILES string of the molecule is CC(=O)c1cc(OC(C)C)ccc1OC(C)C. The third kappa shape index (κ3) is 4.10. The van der Waals surface area contributed by atoms with E-state index >= 15 is 0 Å². The molecule has 1 rings (SSSR count). The standard InChI is InChI=1S/C14H20O3/c1-9(2)16-12-6-7-14(17-10(3)4)13(8-12)11(5)15/h6-10H,1-5H3. The molecule has 0 amide bonds. The minimum absolute atomic E-state index is 0.0187. The van der Waals surface area contributed by atoms with Gasteiger partial charge in [-0.1, -0.05) is 0 Å². The van der Waals surface area contributed by atoms with Crippen molar-refractivity contribution in [3.63, 3.8) is 0 Å². The van der Waals surface area contributed by atoms with Gasteiger partial charge in [-0.2, -0.15) is 0 Å². The molecular weight excluding hydrogens is 216 g/mol. The van der Waals surface area contributed by atoms with Crippen LogP contribution >= 0.6 is 0 Å². The van der Waals surface area contributed by atoms with E-state index in [0.29, 0.717) is 17.1 Å². The molecular formula is C14H20O3. The first-order valence-electron chi connectivity index (χ1n) is 5.88. The van der Waals surface area contributed by atoms with Gasteiger partial charge in [0, 0.05) is 0 Å². The Kier molecular flexibility index (Phi) is 4.55. The first-order valence-corrected chi connectivity index (χ1v) is 5.88. The molecule has 1 aromatic rings. The fourth-order valence-corrected chi connectivity index (χ4v) is 1.49. The van der Waals surface area contributed by atoms with E-state index in [0.717, 1.165) is 0 Å². The predicted molar refractivity (Wildman–Crippen MR) is 68.0 cm³/mol. The Hall–Kier alpha value is -1.51. The summed E-state index contributed by atoms with van der Waals surface area (Å²) in [7, 11) is 0. The molecule has 0 atom stereocenters. The monoisotopic (exact) mass is 236 g/mol. The van der Waals surface area contributed by atoms with Crippen molar-refractivity contribution < 1.29 is 14.3 Å². The highest BCUT2D eigenvalue weighted by Gasteiger charge is 2.12. The second-order valence-corrected chi connectivity index (χ2v) is 4.55. The van der Waals surface area contributed by atoms with Gasteiger partial charge < -0.3 is 9.47 Å². The molecule has 0 bridgehead atoms. The highest BCUT2D eigenvalue weighted by molar-refractivity contribution is 5.97. The number of ether oxygens (including phenoxy) is 2. The molecule has 0 aliphatic heterocycles. The maximum atomic E-state index is 11.6. The van der Waals surface area contributed by atoms with Crippen LogP contribution in [0.1, 0.15) is 45.0 Å². The summed E-state index contributed by atoms with van der Waals surface area (Å²) >= 11 is 0. The van der Waals surface area contributed by atoms with Crippen molar-refractivity contribution in [1.82, 2.24) is 0 Å². The summed E-state index contributed by atoms with van der Waals surface area (Å²) in [5, 5.41) is 0. The van der Waals surface area contributed by atoms with E-state index < -0.39 is 0 Å². The lowest BCUT2D eigenvalue weighted by molar-refractivity contribution is 0.101. The molecule has 3 nitrogen and oxygen atoms in total. The number of Topliss-reactive ketones (excluding diaryl/α,β-unsaturated/α-hetero) is 1. The Balaban J connectivity index is 3.04. The van der Waals surface area contributed by atoms with E-state index in [9.17, 15) is 4.79 Å². The highest BCUT2D eigenvalue weighted by atomic mass is 16.5. The number of rotatable bonds is 5. The number of carbonyl (C=O) groups excluding carboxylic acids is 1. The Bertz CT molecular complexity index is 394. The van der Waals surface area contributed by atoms with Crippen LogP contribution in [0, 0.1) is 0 Å². The predicted octanol–water partition coefficient (Wildman–Crippen LogP) is 3.46. The van der Waals surface area contributed by atoms with E-state index in [1.165, 1.54) is 6.92 Å². The van der Waals surface area contributed by atoms with Crippen molar-refractivity contribution in [3.05, 3.63) is 23.8 Å². The average molecular weight is 236 g/mol. The molecule has 0 saturated carbocycles. The summed E-state index contributed by atoms with van der Waals surface area (Å²) in [4.78, 5) is 11.6. The van der Waals surface area contributed by atoms with Gasteiger partial charge >= 0.3 is 0 Å². The molecule has 0 N–H and O–H groups in total. The normalized spacial score (nSPS) is 10.8. The van der Waals surface area contributed by atoms with Gasteiger partial charge in [-0.15, -0.1) is 0 Å². The molecule has 0 radical (unpaired) electrons. The first kappa shape index (κ1) is 13.6. The molecule has 0 aliphatic carbocycles. The van der Waals surface area contributed by atoms with E-state index in [1.54, 1.807) is 12.1 Å². The van der Waals surface area contributed by atoms with Crippen LogP contribution in [0.4, 0.5) is 0 Å². The molecule has 3 heteroatoms. The quantitative estimate of drug-likeness (QED) is 0.734. The van der Waals surface area contributed by atoms with Crippen molar-refractivity contribution in [2.75, 3.05) is 0 Å². The second-order valence-electron chi connectivity index (χ2n) is 4.55. The van der Waals surface area contributed by atoms with Crippen LogP contribution in [0.25, 0.3) is 0 Å². The lowest BCUT2D eigenvalue weighted by Crippen LogP contribution is -2.10. The van der Waals surface area contributed by atoms with Crippen molar-refractivity contribution >= 4 is 5.78 Å². The largest absolute Gasteiger partial charge is 0.491 e. The van der Waals surface area contributed by atoms with Gasteiger partial charge in [0.2, 0.25) is 0 Å². The molecule has 17 heavy (non-hydrogen) atoms. The van der Waals surface area contributed by atoms with Gasteiger partial charge in [0.25, 0.3) is 0 Å². The first-order chi connectivity index (χ1) is 7.90. The lowest BCUT2D eigenvalue weighted by atomic mass is 10.1. The molecule has 0 unspecified atom stereocenters.